The summed E-state index contributed by atoms with van der Waals surface area (Å²) in [4.78, 5) is 39.9. The van der Waals surface area contributed by atoms with Crippen LogP contribution < -0.4 is 16.4 Å². The van der Waals surface area contributed by atoms with E-state index in [2.05, 4.69) is 58.5 Å². The lowest BCUT2D eigenvalue weighted by Crippen LogP contribution is -2.47. The highest BCUT2D eigenvalue weighted by atomic mass is 28.4. The van der Waals surface area contributed by atoms with E-state index in [4.69, 9.17) is 13.9 Å². The molecule has 0 radical (unpaired) electrons. The Morgan fingerprint density at radius 2 is 1.78 bits per heavy atom. The third-order valence-electron chi connectivity index (χ3n) is 7.22. The van der Waals surface area contributed by atoms with Gasteiger partial charge in [0.2, 0.25) is 0 Å². The summed E-state index contributed by atoms with van der Waals surface area (Å²) in [6.07, 6.45) is 0.362. The molecule has 1 aromatic heterocycles. The molecule has 2 heterocycles. The summed E-state index contributed by atoms with van der Waals surface area (Å²) in [6.45, 7) is 19.0. The molecule has 0 saturated carbocycles. The topological polar surface area (TPSA) is 99.6 Å². The van der Waals surface area contributed by atoms with Gasteiger partial charge in [-0.2, -0.15) is 0 Å². The lowest BCUT2D eigenvalue weighted by molar-refractivity contribution is -0.0513. The van der Waals surface area contributed by atoms with Gasteiger partial charge in [0.25, 0.3) is 5.56 Å². The molecule has 36 heavy (non-hydrogen) atoms. The molecule has 1 fully saturated rings. The van der Waals surface area contributed by atoms with Crippen molar-refractivity contribution in [2.75, 3.05) is 6.61 Å². The molecular formula is C26H40N2O6Si2. The van der Waals surface area contributed by atoms with Gasteiger partial charge in [-0.05, 0) is 36.3 Å². The fourth-order valence-corrected chi connectivity index (χ4v) is 7.00. The first-order valence-corrected chi connectivity index (χ1v) is 18.8. The second kappa shape index (κ2) is 10.2. The number of esters is 1. The van der Waals surface area contributed by atoms with Crippen LogP contribution in [0.5, 0.6) is 0 Å². The Kier molecular flexibility index (Phi) is 8.05. The van der Waals surface area contributed by atoms with Crippen molar-refractivity contribution in [3.63, 3.8) is 0 Å². The zero-order valence-electron chi connectivity index (χ0n) is 22.9. The number of rotatable bonds is 7. The van der Waals surface area contributed by atoms with Crippen LogP contribution in [0, 0.1) is 6.92 Å². The Morgan fingerprint density at radius 3 is 2.39 bits per heavy atom. The summed E-state index contributed by atoms with van der Waals surface area (Å²) in [7, 11) is -3.95. The first-order chi connectivity index (χ1) is 16.5. The van der Waals surface area contributed by atoms with Gasteiger partial charge in [0, 0.05) is 18.2 Å². The van der Waals surface area contributed by atoms with E-state index in [1.54, 1.807) is 13.0 Å². The highest BCUT2D eigenvalue weighted by molar-refractivity contribution is 6.89. The van der Waals surface area contributed by atoms with Crippen LogP contribution >= 0.6 is 0 Å². The second-order valence-corrected chi connectivity index (χ2v) is 21.9. The molecule has 1 aliphatic rings. The number of carbonyl (C=O) groups excluding carboxylic acids is 1. The third-order valence-corrected chi connectivity index (χ3v) is 13.8. The van der Waals surface area contributed by atoms with Crippen LogP contribution in [0.15, 0.2) is 40.1 Å². The molecule has 1 aromatic carbocycles. The summed E-state index contributed by atoms with van der Waals surface area (Å²) in [5.41, 5.74) is 0.0386. The van der Waals surface area contributed by atoms with E-state index in [0.29, 0.717) is 17.5 Å². The van der Waals surface area contributed by atoms with Crippen LogP contribution in [-0.2, 0) is 13.9 Å². The van der Waals surface area contributed by atoms with Gasteiger partial charge in [-0.25, -0.2) is 9.59 Å². The molecule has 8 nitrogen and oxygen atoms in total. The molecular weight excluding hydrogens is 492 g/mol. The number of carbonyl (C=O) groups is 1. The van der Waals surface area contributed by atoms with Gasteiger partial charge in [0.05, 0.1) is 19.7 Å². The van der Waals surface area contributed by atoms with Crippen molar-refractivity contribution >= 4 is 27.5 Å². The van der Waals surface area contributed by atoms with Crippen molar-refractivity contribution in [3.8, 4) is 0 Å². The number of ether oxygens (including phenoxy) is 2. The van der Waals surface area contributed by atoms with Crippen LogP contribution in [0.25, 0.3) is 0 Å². The molecule has 0 bridgehead atoms. The smallest absolute Gasteiger partial charge is 0.338 e. The van der Waals surface area contributed by atoms with Crippen LogP contribution in [0.2, 0.25) is 37.8 Å². The first kappa shape index (κ1) is 28.3. The maximum Gasteiger partial charge on any atom is 0.338 e. The Labute approximate surface area is 215 Å². The third kappa shape index (κ3) is 6.16. The lowest BCUT2D eigenvalue weighted by atomic mass is 10.2. The predicted molar refractivity (Wildman–Crippen MR) is 146 cm³/mol. The van der Waals surface area contributed by atoms with Crippen molar-refractivity contribution in [3.05, 3.63) is 62.4 Å². The average molecular weight is 533 g/mol. The normalized spacial score (nSPS) is 21.0. The molecule has 0 spiro atoms. The highest BCUT2D eigenvalue weighted by Crippen LogP contribution is 2.41. The van der Waals surface area contributed by atoms with Crippen LogP contribution in [-0.4, -0.2) is 50.7 Å². The Morgan fingerprint density at radius 1 is 1.14 bits per heavy atom. The van der Waals surface area contributed by atoms with E-state index in [0.717, 1.165) is 5.19 Å². The zero-order chi connectivity index (χ0) is 27.1. The van der Waals surface area contributed by atoms with E-state index in [-0.39, 0.29) is 23.7 Å². The standard InChI is InChI=1S/C26H40N2O6Si2/c1-17-15-28(25(31)27-23(17)29)22-14-19(34-36(8,9)26(2,3)4)20(33-22)16-32-24(30)18-12-10-11-13-21(18)35(5,6)7/h10-13,15,19-20,22H,14,16H2,1-9H3,(H,27,29,31)/t19-,20+,22+/m0/s1. The monoisotopic (exact) mass is 532 g/mol. The molecule has 0 aliphatic carbocycles. The van der Waals surface area contributed by atoms with E-state index >= 15 is 0 Å². The lowest BCUT2D eigenvalue weighted by Gasteiger charge is -2.39. The Bertz CT molecular complexity index is 1220. The largest absolute Gasteiger partial charge is 0.459 e. The second-order valence-electron chi connectivity index (χ2n) is 12.2. The van der Waals surface area contributed by atoms with Gasteiger partial charge in [-0.15, -0.1) is 0 Å². The molecule has 0 unspecified atom stereocenters. The number of hydrogen-bond acceptors (Lipinski definition) is 6. The van der Waals surface area contributed by atoms with Crippen molar-refractivity contribution in [2.24, 2.45) is 0 Å². The van der Waals surface area contributed by atoms with Gasteiger partial charge in [0.1, 0.15) is 18.9 Å². The van der Waals surface area contributed by atoms with Crippen molar-refractivity contribution < 1.29 is 18.7 Å². The zero-order valence-corrected chi connectivity index (χ0v) is 24.9. The van der Waals surface area contributed by atoms with E-state index in [9.17, 15) is 14.4 Å². The highest BCUT2D eigenvalue weighted by Gasteiger charge is 2.45. The molecule has 10 heteroatoms. The maximum atomic E-state index is 13.1. The SMILES string of the molecule is Cc1cn([C@H]2C[C@H](O[Si](C)(C)C(C)(C)C)[C@@H](COC(=O)c3ccccc3[Si](C)(C)C)O2)c(=O)[nH]c1=O. The fraction of sp³-hybridized carbons (Fsp3) is 0.577. The van der Waals surface area contributed by atoms with Crippen molar-refractivity contribution in [1.29, 1.82) is 0 Å². The van der Waals surface area contributed by atoms with E-state index in [1.165, 1.54) is 10.8 Å². The van der Waals surface area contributed by atoms with Crippen LogP contribution in [0.3, 0.4) is 0 Å². The molecule has 0 amide bonds. The molecule has 3 atom stereocenters. The van der Waals surface area contributed by atoms with Crippen molar-refractivity contribution in [1.82, 2.24) is 9.55 Å². The molecule has 198 valence electrons. The van der Waals surface area contributed by atoms with E-state index in [1.807, 2.05) is 18.2 Å². The van der Waals surface area contributed by atoms with Crippen molar-refractivity contribution in [2.45, 2.75) is 90.3 Å². The summed E-state index contributed by atoms with van der Waals surface area (Å²) in [5.74, 6) is -0.386. The minimum absolute atomic E-state index is 0.00570. The number of benzene rings is 1. The molecule has 1 aliphatic heterocycles. The average Bonchev–Trinajstić information content (AvgIpc) is 3.14. The number of aryl methyl sites for hydroxylation is 1. The van der Waals surface area contributed by atoms with Gasteiger partial charge >= 0.3 is 11.7 Å². The minimum Gasteiger partial charge on any atom is -0.459 e. The first-order valence-electron chi connectivity index (χ1n) is 12.4. The van der Waals surface area contributed by atoms with Gasteiger partial charge in [0.15, 0.2) is 8.32 Å². The molecule has 2 aromatic rings. The molecule has 3 rings (SSSR count). The number of hydrogen-bond donors (Lipinski definition) is 1. The van der Waals surface area contributed by atoms with Crippen LogP contribution in [0.1, 0.15) is 49.3 Å². The van der Waals surface area contributed by atoms with Crippen LogP contribution in [0.4, 0.5) is 0 Å². The van der Waals surface area contributed by atoms with Gasteiger partial charge < -0.3 is 13.9 Å². The fourth-order valence-electron chi connectivity index (χ4n) is 4.05. The Hall–Kier alpha value is -2.28. The Balaban J connectivity index is 1.86. The summed E-state index contributed by atoms with van der Waals surface area (Å²) < 4.78 is 20.1. The maximum absolute atomic E-state index is 13.1. The number of H-pyrrole nitrogens is 1. The van der Waals surface area contributed by atoms with E-state index < -0.39 is 40.0 Å². The number of nitrogens with zero attached hydrogens (tertiary/aromatic N) is 1. The predicted octanol–water partition coefficient (Wildman–Crippen LogP) is 3.93. The van der Waals surface area contributed by atoms with Gasteiger partial charge in [-0.3, -0.25) is 14.3 Å². The number of aromatic amines is 1. The summed E-state index contributed by atoms with van der Waals surface area (Å²) in [5, 5.41) is 1.01. The summed E-state index contributed by atoms with van der Waals surface area (Å²) in [6, 6.07) is 7.60. The quantitative estimate of drug-likeness (QED) is 0.429. The summed E-state index contributed by atoms with van der Waals surface area (Å²) >= 11 is 0. The minimum atomic E-state index is -2.19. The number of nitrogens with one attached hydrogen (secondary N) is 1. The number of aromatic nitrogens is 2. The van der Waals surface area contributed by atoms with Gasteiger partial charge in [-0.1, -0.05) is 58.6 Å². The molecule has 1 N–H and O–H groups in total. The molecule has 1 saturated heterocycles.